The number of benzene rings is 2. The smallest absolute Gasteiger partial charge is 0.267 e. The van der Waals surface area contributed by atoms with E-state index in [0.29, 0.717) is 38.0 Å². The van der Waals surface area contributed by atoms with Crippen LogP contribution in [-0.2, 0) is 6.54 Å². The van der Waals surface area contributed by atoms with Crippen LogP contribution in [0, 0.1) is 6.92 Å². The Bertz CT molecular complexity index is 999. The van der Waals surface area contributed by atoms with Crippen LogP contribution < -0.4 is 5.43 Å². The number of hydrogen-bond donors (Lipinski definition) is 1. The Morgan fingerprint density at radius 2 is 1.93 bits per heavy atom. The van der Waals surface area contributed by atoms with Gasteiger partial charge in [0.15, 0.2) is 0 Å². The Labute approximate surface area is 175 Å². The van der Waals surface area contributed by atoms with Crippen molar-refractivity contribution in [1.82, 2.24) is 15.2 Å². The Balaban J connectivity index is 1.72. The number of amides is 1. The highest BCUT2D eigenvalue weighted by atomic mass is 79.9. The number of nitrogens with zero attached hydrogens (tertiary/aromatic N) is 3. The Morgan fingerprint density at radius 1 is 1.22 bits per heavy atom. The van der Waals surface area contributed by atoms with Crippen molar-refractivity contribution in [3.8, 4) is 0 Å². The number of nitrogens with one attached hydrogen (secondary N) is 1. The summed E-state index contributed by atoms with van der Waals surface area (Å²) in [5.41, 5.74) is 5.38. The second-order valence-electron chi connectivity index (χ2n) is 5.75. The Morgan fingerprint density at radius 3 is 2.63 bits per heavy atom. The van der Waals surface area contributed by atoms with Gasteiger partial charge in [0.1, 0.15) is 5.15 Å². The van der Waals surface area contributed by atoms with E-state index in [2.05, 4.69) is 31.6 Å². The molecule has 27 heavy (non-hydrogen) atoms. The fourth-order valence-corrected chi connectivity index (χ4v) is 3.32. The van der Waals surface area contributed by atoms with Crippen LogP contribution in [0.3, 0.4) is 0 Å². The fourth-order valence-electron chi connectivity index (χ4n) is 2.44. The summed E-state index contributed by atoms with van der Waals surface area (Å²) >= 11 is 15.7. The highest BCUT2D eigenvalue weighted by molar-refractivity contribution is 9.10. The first kappa shape index (κ1) is 19.6. The van der Waals surface area contributed by atoms with Gasteiger partial charge in [-0.2, -0.15) is 10.2 Å². The molecule has 0 aliphatic carbocycles. The number of halogens is 3. The van der Waals surface area contributed by atoms with E-state index in [1.807, 2.05) is 37.3 Å². The van der Waals surface area contributed by atoms with E-state index in [1.165, 1.54) is 6.21 Å². The van der Waals surface area contributed by atoms with E-state index < -0.39 is 0 Å². The van der Waals surface area contributed by atoms with Gasteiger partial charge in [-0.3, -0.25) is 4.79 Å². The summed E-state index contributed by atoms with van der Waals surface area (Å²) in [6.07, 6.45) is 1.50. The van der Waals surface area contributed by atoms with Gasteiger partial charge < -0.3 is 0 Å². The van der Waals surface area contributed by atoms with Crippen molar-refractivity contribution in [2.45, 2.75) is 13.5 Å². The third-order valence-corrected chi connectivity index (χ3v) is 5.18. The maximum Gasteiger partial charge on any atom is 0.272 e. The first-order valence-corrected chi connectivity index (χ1v) is 9.56. The zero-order valence-electron chi connectivity index (χ0n) is 14.3. The molecule has 1 N–H and O–H groups in total. The monoisotopic (exact) mass is 464 g/mol. The predicted octanol–water partition coefficient (Wildman–Crippen LogP) is 5.07. The molecule has 3 aromatic rings. The van der Waals surface area contributed by atoms with Crippen molar-refractivity contribution in [3.05, 3.63) is 85.6 Å². The minimum atomic E-state index is -0.318. The van der Waals surface area contributed by atoms with Gasteiger partial charge in [-0.25, -0.2) is 10.1 Å². The van der Waals surface area contributed by atoms with Crippen LogP contribution >= 0.6 is 39.1 Å². The predicted molar refractivity (Wildman–Crippen MR) is 112 cm³/mol. The van der Waals surface area contributed by atoms with Crippen LogP contribution in [-0.4, -0.2) is 21.9 Å². The van der Waals surface area contributed by atoms with E-state index in [1.54, 1.807) is 22.9 Å². The molecule has 1 amide bonds. The molecule has 0 saturated carbocycles. The molecule has 0 radical (unpaired) electrons. The number of carbonyl (C=O) groups excluding carboxylic acids is 1. The molecule has 0 fully saturated rings. The second kappa shape index (κ2) is 8.69. The van der Waals surface area contributed by atoms with Crippen molar-refractivity contribution < 1.29 is 4.79 Å². The third kappa shape index (κ3) is 4.77. The normalized spacial score (nSPS) is 11.1. The van der Waals surface area contributed by atoms with Crippen molar-refractivity contribution >= 4 is 51.3 Å². The van der Waals surface area contributed by atoms with Crippen molar-refractivity contribution in [2.24, 2.45) is 5.10 Å². The average molecular weight is 466 g/mol. The van der Waals surface area contributed by atoms with E-state index in [9.17, 15) is 4.79 Å². The summed E-state index contributed by atoms with van der Waals surface area (Å²) < 4.78 is 2.37. The number of rotatable bonds is 5. The lowest BCUT2D eigenvalue weighted by molar-refractivity contribution is 0.0954. The minimum absolute atomic E-state index is 0.318. The molecule has 3 rings (SSSR count). The summed E-state index contributed by atoms with van der Waals surface area (Å²) in [6, 6.07) is 14.6. The van der Waals surface area contributed by atoms with Gasteiger partial charge in [0.05, 0.1) is 29.6 Å². The van der Waals surface area contributed by atoms with Crippen LogP contribution in [0.2, 0.25) is 10.2 Å². The molecule has 1 heterocycles. The number of aryl methyl sites for hydroxylation is 1. The highest BCUT2D eigenvalue weighted by Crippen LogP contribution is 2.20. The van der Waals surface area contributed by atoms with E-state index in [-0.39, 0.29) is 5.91 Å². The second-order valence-corrected chi connectivity index (χ2v) is 7.40. The minimum Gasteiger partial charge on any atom is -0.267 e. The number of hydrogen-bond acceptors (Lipinski definition) is 3. The zero-order chi connectivity index (χ0) is 19.4. The van der Waals surface area contributed by atoms with Crippen LogP contribution in [0.1, 0.15) is 27.2 Å². The Hall–Kier alpha value is -2.15. The summed E-state index contributed by atoms with van der Waals surface area (Å²) in [5, 5.41) is 9.57. The average Bonchev–Trinajstić information content (AvgIpc) is 2.91. The van der Waals surface area contributed by atoms with E-state index >= 15 is 0 Å². The molecular formula is C19H15BrCl2N4O. The molecule has 0 spiro atoms. The summed E-state index contributed by atoms with van der Waals surface area (Å²) in [4.78, 5) is 12.2. The van der Waals surface area contributed by atoms with Gasteiger partial charge in [-0.05, 0) is 52.7 Å². The highest BCUT2D eigenvalue weighted by Gasteiger charge is 2.13. The first-order chi connectivity index (χ1) is 13.0. The Kier molecular flexibility index (Phi) is 6.31. The largest absolute Gasteiger partial charge is 0.272 e. The van der Waals surface area contributed by atoms with Crippen LogP contribution in [0.15, 0.2) is 58.1 Å². The molecule has 0 bridgehead atoms. The zero-order valence-corrected chi connectivity index (χ0v) is 17.4. The van der Waals surface area contributed by atoms with Crippen LogP contribution in [0.5, 0.6) is 0 Å². The summed E-state index contributed by atoms with van der Waals surface area (Å²) in [6.45, 7) is 2.34. The lowest BCUT2D eigenvalue weighted by atomic mass is 10.2. The molecular weight excluding hydrogens is 451 g/mol. The lowest BCUT2D eigenvalue weighted by Crippen LogP contribution is -2.18. The van der Waals surface area contributed by atoms with Gasteiger partial charge in [0.2, 0.25) is 0 Å². The maximum atomic E-state index is 12.2. The SMILES string of the molecule is Cc1nn(Cc2ccc(Cl)cc2)c(Cl)c1C=NNC(=O)c1ccccc1Br. The molecule has 0 saturated heterocycles. The number of hydrazone groups is 1. The van der Waals surface area contributed by atoms with E-state index in [4.69, 9.17) is 23.2 Å². The van der Waals surface area contributed by atoms with Gasteiger partial charge in [0.25, 0.3) is 5.91 Å². The van der Waals surface area contributed by atoms with Crippen molar-refractivity contribution in [3.63, 3.8) is 0 Å². The van der Waals surface area contributed by atoms with Gasteiger partial charge in [0, 0.05) is 9.50 Å². The van der Waals surface area contributed by atoms with Gasteiger partial charge in [-0.15, -0.1) is 0 Å². The van der Waals surface area contributed by atoms with Gasteiger partial charge >= 0.3 is 0 Å². The maximum absolute atomic E-state index is 12.2. The molecule has 0 unspecified atom stereocenters. The van der Waals surface area contributed by atoms with Crippen LogP contribution in [0.25, 0.3) is 0 Å². The molecule has 1 aromatic heterocycles. The fraction of sp³-hybridized carbons (Fsp3) is 0.105. The standard InChI is InChI=1S/C19H15BrCl2N4O/c1-12-16(10-23-24-19(27)15-4-2-3-5-17(15)20)18(22)26(25-12)11-13-6-8-14(21)9-7-13/h2-10H,11H2,1H3,(H,24,27). The molecule has 0 aliphatic heterocycles. The molecule has 2 aromatic carbocycles. The first-order valence-electron chi connectivity index (χ1n) is 8.01. The lowest BCUT2D eigenvalue weighted by Gasteiger charge is -2.04. The van der Waals surface area contributed by atoms with E-state index in [0.717, 1.165) is 5.56 Å². The molecule has 0 atom stereocenters. The molecule has 138 valence electrons. The van der Waals surface area contributed by atoms with Crippen LogP contribution in [0.4, 0.5) is 0 Å². The topological polar surface area (TPSA) is 59.3 Å². The number of aromatic nitrogens is 2. The summed E-state index contributed by atoms with van der Waals surface area (Å²) in [5.74, 6) is -0.318. The third-order valence-electron chi connectivity index (χ3n) is 3.83. The van der Waals surface area contributed by atoms with Gasteiger partial charge in [-0.1, -0.05) is 47.5 Å². The quantitative estimate of drug-likeness (QED) is 0.422. The van der Waals surface area contributed by atoms with Crippen molar-refractivity contribution in [1.29, 1.82) is 0 Å². The summed E-state index contributed by atoms with van der Waals surface area (Å²) in [7, 11) is 0. The molecule has 8 heteroatoms. The molecule has 0 aliphatic rings. The molecule has 5 nitrogen and oxygen atoms in total. The van der Waals surface area contributed by atoms with Crippen molar-refractivity contribution in [2.75, 3.05) is 0 Å². The number of carbonyl (C=O) groups is 1.